The molecule has 2 nitrogen and oxygen atoms in total. The van der Waals surface area contributed by atoms with Crippen molar-refractivity contribution in [2.75, 3.05) is 13.2 Å². The average molecular weight is 613 g/mol. The summed E-state index contributed by atoms with van der Waals surface area (Å²) in [7, 11) is 0. The highest BCUT2D eigenvalue weighted by molar-refractivity contribution is 5.83. The van der Waals surface area contributed by atoms with E-state index in [0.717, 1.165) is 31.8 Å². The Balaban J connectivity index is 1.38. The van der Waals surface area contributed by atoms with Gasteiger partial charge >= 0.3 is 0 Å². The molecule has 3 rings (SSSR count). The molecule has 0 saturated heterocycles. The lowest BCUT2D eigenvalue weighted by Gasteiger charge is -2.15. The topological polar surface area (TPSA) is 18.5 Å². The summed E-state index contributed by atoms with van der Waals surface area (Å²) in [6.07, 6.45) is 25.7. The molecule has 0 fully saturated rings. The maximum absolute atomic E-state index is 6.21. The second-order valence-corrected chi connectivity index (χ2v) is 13.1. The molecule has 0 aromatic heterocycles. The fourth-order valence-electron chi connectivity index (χ4n) is 6.20. The summed E-state index contributed by atoms with van der Waals surface area (Å²) < 4.78 is 12.3. The zero-order valence-electron chi connectivity index (χ0n) is 29.2. The van der Waals surface area contributed by atoms with Gasteiger partial charge in [-0.3, -0.25) is 0 Å². The number of hydrogen-bond donors (Lipinski definition) is 0. The molecule has 0 aliphatic heterocycles. The van der Waals surface area contributed by atoms with Crippen LogP contribution in [0.25, 0.3) is 22.3 Å². The van der Waals surface area contributed by atoms with Gasteiger partial charge < -0.3 is 9.47 Å². The standard InChI is InChI=1S/C43H64O2/c1-4-6-8-10-12-14-16-17-19-23-35-44-37(3)38-27-29-39(30-28-38)42-25-21-22-26-43(42)40-31-33-41(34-32-40)45-36-24-20-18-15-13-11-9-7-5-2/h21-22,25-34,37H,4-20,23-24,35-36H2,1-3H3. The lowest BCUT2D eigenvalue weighted by Crippen LogP contribution is -2.02. The Morgan fingerprint density at radius 1 is 0.444 bits per heavy atom. The summed E-state index contributed by atoms with van der Waals surface area (Å²) in [5.41, 5.74) is 6.21. The highest BCUT2D eigenvalue weighted by atomic mass is 16.5. The number of unbranched alkanes of at least 4 members (excludes halogenated alkanes) is 17. The van der Waals surface area contributed by atoms with Crippen LogP contribution < -0.4 is 4.74 Å². The van der Waals surface area contributed by atoms with Gasteiger partial charge in [0.15, 0.2) is 0 Å². The molecule has 0 aliphatic rings. The largest absolute Gasteiger partial charge is 0.494 e. The molecule has 0 radical (unpaired) electrons. The molecule has 0 N–H and O–H groups in total. The third kappa shape index (κ3) is 15.0. The van der Waals surface area contributed by atoms with E-state index in [0.29, 0.717) is 0 Å². The van der Waals surface area contributed by atoms with E-state index in [9.17, 15) is 0 Å². The number of rotatable bonds is 26. The van der Waals surface area contributed by atoms with Crippen molar-refractivity contribution >= 4 is 0 Å². The Kier molecular flexibility index (Phi) is 19.4. The summed E-state index contributed by atoms with van der Waals surface area (Å²) in [5.74, 6) is 0.965. The van der Waals surface area contributed by atoms with Crippen LogP contribution in [0.2, 0.25) is 0 Å². The highest BCUT2D eigenvalue weighted by Crippen LogP contribution is 2.34. The summed E-state index contributed by atoms with van der Waals surface area (Å²) >= 11 is 0. The van der Waals surface area contributed by atoms with E-state index in [1.807, 2.05) is 0 Å². The van der Waals surface area contributed by atoms with Crippen molar-refractivity contribution in [2.45, 2.75) is 149 Å². The molecule has 3 aromatic carbocycles. The summed E-state index contributed by atoms with van der Waals surface area (Å²) in [6, 6.07) is 26.3. The molecule has 1 unspecified atom stereocenters. The normalized spacial score (nSPS) is 12.0. The van der Waals surface area contributed by atoms with Gasteiger partial charge in [-0.2, -0.15) is 0 Å². The van der Waals surface area contributed by atoms with E-state index >= 15 is 0 Å². The van der Waals surface area contributed by atoms with Gasteiger partial charge in [-0.25, -0.2) is 0 Å². The van der Waals surface area contributed by atoms with Crippen molar-refractivity contribution in [1.82, 2.24) is 0 Å². The molecule has 0 saturated carbocycles. The molecule has 2 heteroatoms. The van der Waals surface area contributed by atoms with Crippen LogP contribution in [-0.4, -0.2) is 13.2 Å². The fraction of sp³-hybridized carbons (Fsp3) is 0.581. The molecule has 0 heterocycles. The minimum Gasteiger partial charge on any atom is -0.494 e. The molecule has 248 valence electrons. The third-order valence-corrected chi connectivity index (χ3v) is 9.17. The monoisotopic (exact) mass is 612 g/mol. The summed E-state index contributed by atoms with van der Waals surface area (Å²) in [5, 5.41) is 0. The molecule has 1 atom stereocenters. The first-order chi connectivity index (χ1) is 22.2. The van der Waals surface area contributed by atoms with Crippen molar-refractivity contribution < 1.29 is 9.47 Å². The summed E-state index contributed by atoms with van der Waals surface area (Å²) in [6.45, 7) is 8.40. The van der Waals surface area contributed by atoms with Gasteiger partial charge in [0.25, 0.3) is 0 Å². The zero-order chi connectivity index (χ0) is 31.8. The van der Waals surface area contributed by atoms with E-state index in [2.05, 4.69) is 93.6 Å². The van der Waals surface area contributed by atoms with E-state index in [1.54, 1.807) is 0 Å². The van der Waals surface area contributed by atoms with Gasteiger partial charge in [0.1, 0.15) is 5.75 Å². The molecule has 0 bridgehead atoms. The quantitative estimate of drug-likeness (QED) is 0.0840. The second-order valence-electron chi connectivity index (χ2n) is 13.1. The molecule has 45 heavy (non-hydrogen) atoms. The van der Waals surface area contributed by atoms with E-state index < -0.39 is 0 Å². The molecular weight excluding hydrogens is 548 g/mol. The van der Waals surface area contributed by atoms with Crippen molar-refractivity contribution in [3.8, 4) is 28.0 Å². The molecule has 0 amide bonds. The third-order valence-electron chi connectivity index (χ3n) is 9.17. The molecule has 0 aliphatic carbocycles. The predicted octanol–water partition coefficient (Wildman–Crippen LogP) is 13.9. The Morgan fingerprint density at radius 3 is 1.31 bits per heavy atom. The molecular formula is C43H64O2. The minimum atomic E-state index is 0.121. The second kappa shape index (κ2) is 23.7. The van der Waals surface area contributed by atoms with Gasteiger partial charge in [-0.1, -0.05) is 184 Å². The van der Waals surface area contributed by atoms with Crippen molar-refractivity contribution in [3.05, 3.63) is 78.4 Å². The van der Waals surface area contributed by atoms with Gasteiger partial charge in [0.2, 0.25) is 0 Å². The lowest BCUT2D eigenvalue weighted by molar-refractivity contribution is 0.0627. The highest BCUT2D eigenvalue weighted by Gasteiger charge is 2.10. The van der Waals surface area contributed by atoms with E-state index in [-0.39, 0.29) is 6.10 Å². The van der Waals surface area contributed by atoms with Crippen molar-refractivity contribution in [1.29, 1.82) is 0 Å². The van der Waals surface area contributed by atoms with Crippen molar-refractivity contribution in [2.24, 2.45) is 0 Å². The number of benzene rings is 3. The first-order valence-electron chi connectivity index (χ1n) is 18.8. The Bertz CT molecular complexity index is 1120. The van der Waals surface area contributed by atoms with Crippen LogP contribution in [0, 0.1) is 0 Å². The number of hydrogen-bond acceptors (Lipinski definition) is 2. The van der Waals surface area contributed by atoms with Gasteiger partial charge in [0.05, 0.1) is 12.7 Å². The van der Waals surface area contributed by atoms with E-state index in [4.69, 9.17) is 9.47 Å². The smallest absolute Gasteiger partial charge is 0.119 e. The fourth-order valence-corrected chi connectivity index (χ4v) is 6.20. The lowest BCUT2D eigenvalue weighted by atomic mass is 9.94. The van der Waals surface area contributed by atoms with Gasteiger partial charge in [0, 0.05) is 6.61 Å². The minimum absolute atomic E-state index is 0.121. The Labute approximate surface area is 277 Å². The Morgan fingerprint density at radius 2 is 0.844 bits per heavy atom. The van der Waals surface area contributed by atoms with Crippen LogP contribution in [-0.2, 0) is 4.74 Å². The zero-order valence-corrected chi connectivity index (χ0v) is 29.2. The SMILES string of the molecule is CCCCCCCCCCCCOC(C)c1ccc(-c2ccccc2-c2ccc(OCCCCCCCCCCC)cc2)cc1. The maximum Gasteiger partial charge on any atom is 0.119 e. The maximum atomic E-state index is 6.21. The van der Waals surface area contributed by atoms with Crippen LogP contribution in [0.15, 0.2) is 72.8 Å². The Hall–Kier alpha value is -2.58. The summed E-state index contributed by atoms with van der Waals surface area (Å²) in [4.78, 5) is 0. The van der Waals surface area contributed by atoms with Crippen LogP contribution >= 0.6 is 0 Å². The van der Waals surface area contributed by atoms with Gasteiger partial charge in [-0.05, 0) is 59.7 Å². The predicted molar refractivity (Wildman–Crippen MR) is 196 cm³/mol. The van der Waals surface area contributed by atoms with Crippen molar-refractivity contribution in [3.63, 3.8) is 0 Å². The first-order valence-corrected chi connectivity index (χ1v) is 18.8. The van der Waals surface area contributed by atoms with Gasteiger partial charge in [-0.15, -0.1) is 0 Å². The average Bonchev–Trinajstić information content (AvgIpc) is 3.08. The van der Waals surface area contributed by atoms with Crippen LogP contribution in [0.5, 0.6) is 5.75 Å². The van der Waals surface area contributed by atoms with Crippen LogP contribution in [0.1, 0.15) is 154 Å². The first kappa shape index (κ1) is 36.9. The van der Waals surface area contributed by atoms with Crippen LogP contribution in [0.4, 0.5) is 0 Å². The van der Waals surface area contributed by atoms with Crippen LogP contribution in [0.3, 0.4) is 0 Å². The van der Waals surface area contributed by atoms with E-state index in [1.165, 1.54) is 137 Å². The molecule has 3 aromatic rings. The molecule has 0 spiro atoms. The number of ether oxygens (including phenoxy) is 2.